The summed E-state index contributed by atoms with van der Waals surface area (Å²) in [5, 5.41) is 12.7. The molecule has 0 radical (unpaired) electrons. The molecule has 0 saturated carbocycles. The fourth-order valence-electron chi connectivity index (χ4n) is 2.99. The van der Waals surface area contributed by atoms with E-state index in [1.807, 2.05) is 32.9 Å². The van der Waals surface area contributed by atoms with E-state index in [1.165, 1.54) is 7.11 Å². The number of hydrogen-bond acceptors (Lipinski definition) is 7. The summed E-state index contributed by atoms with van der Waals surface area (Å²) in [6, 6.07) is 6.15. The van der Waals surface area contributed by atoms with E-state index < -0.39 is 11.3 Å². The number of aliphatic imine (C=N–C) groups is 1. The van der Waals surface area contributed by atoms with Crippen molar-refractivity contribution in [1.82, 2.24) is 19.6 Å². The lowest BCUT2D eigenvalue weighted by molar-refractivity contribution is 0.437. The van der Waals surface area contributed by atoms with Crippen LogP contribution in [0.1, 0.15) is 31.1 Å². The van der Waals surface area contributed by atoms with E-state index in [0.717, 1.165) is 40.7 Å². The topological polar surface area (TPSA) is 97.0 Å². The van der Waals surface area contributed by atoms with Gasteiger partial charge in [-0.3, -0.25) is 4.18 Å². The minimum absolute atomic E-state index is 0.558. The van der Waals surface area contributed by atoms with Crippen molar-refractivity contribution in [2.45, 2.75) is 27.7 Å². The molecule has 3 rings (SSSR count). The van der Waals surface area contributed by atoms with E-state index in [2.05, 4.69) is 37.9 Å². The molecule has 150 valence electrons. The van der Waals surface area contributed by atoms with Crippen molar-refractivity contribution in [3.8, 4) is 0 Å². The summed E-state index contributed by atoms with van der Waals surface area (Å²) in [7, 11) is 1.41. The number of likely N-dealkylation sites (N-methyl/N-ethyl adjacent to an activating group) is 1. The molecule has 1 aliphatic heterocycles. The van der Waals surface area contributed by atoms with Crippen LogP contribution in [-0.2, 0) is 15.4 Å². The van der Waals surface area contributed by atoms with Crippen LogP contribution in [0.5, 0.6) is 0 Å². The lowest BCUT2D eigenvalue weighted by atomic mass is 10.1. The number of nitrogens with one attached hydrogen (secondary N) is 1. The Hall–Kier alpha value is -2.43. The van der Waals surface area contributed by atoms with Crippen molar-refractivity contribution in [3.05, 3.63) is 35.4 Å². The van der Waals surface area contributed by atoms with E-state index in [1.54, 1.807) is 4.68 Å². The van der Waals surface area contributed by atoms with Gasteiger partial charge in [-0.1, -0.05) is 0 Å². The van der Waals surface area contributed by atoms with Gasteiger partial charge in [-0.05, 0) is 51.5 Å². The highest BCUT2D eigenvalue weighted by Crippen LogP contribution is 2.26. The quantitative estimate of drug-likeness (QED) is 0.726. The van der Waals surface area contributed by atoms with Crippen LogP contribution < -0.4 is 9.62 Å². The van der Waals surface area contributed by atoms with Crippen LogP contribution in [0.2, 0.25) is 0 Å². The van der Waals surface area contributed by atoms with Crippen LogP contribution >= 0.6 is 0 Å². The van der Waals surface area contributed by atoms with Crippen molar-refractivity contribution < 1.29 is 8.39 Å². The van der Waals surface area contributed by atoms with Gasteiger partial charge in [0.15, 0.2) is 5.82 Å². The fraction of sp³-hybridized carbons (Fsp3) is 0.444. The van der Waals surface area contributed by atoms with Crippen molar-refractivity contribution in [2.24, 2.45) is 10.1 Å². The molecule has 2 aromatic rings. The SMILES string of the molecule is CCN(CCNS(=O)OC)c1ccc(N=C2C(C)=Nn3c(C)nnc32)c(C)c1. The fourth-order valence-corrected chi connectivity index (χ4v) is 3.37. The van der Waals surface area contributed by atoms with Gasteiger partial charge < -0.3 is 4.90 Å². The summed E-state index contributed by atoms with van der Waals surface area (Å²) >= 11 is -1.45. The standard InChI is InChI=1S/C18H25N7O2S/c1-6-24(10-9-19-28(26)27-5)15-7-8-16(12(2)11-15)20-17-13(3)23-25-14(4)21-22-18(17)25/h7-8,11,19H,6,9-10H2,1-5H3. The molecular weight excluding hydrogens is 378 g/mol. The van der Waals surface area contributed by atoms with E-state index in [9.17, 15) is 4.21 Å². The number of aromatic nitrogens is 3. The second-order valence-electron chi connectivity index (χ2n) is 6.37. The van der Waals surface area contributed by atoms with Gasteiger partial charge in [0.05, 0.1) is 18.5 Å². The van der Waals surface area contributed by atoms with Gasteiger partial charge in [0.25, 0.3) is 0 Å². The first-order chi connectivity index (χ1) is 13.4. The molecule has 1 unspecified atom stereocenters. The highest BCUT2D eigenvalue weighted by Gasteiger charge is 2.24. The minimum Gasteiger partial charge on any atom is -0.370 e. The zero-order chi connectivity index (χ0) is 20.3. The molecular formula is C18H25N7O2S. The maximum absolute atomic E-state index is 11.3. The van der Waals surface area contributed by atoms with Crippen LogP contribution in [-0.4, -0.2) is 57.2 Å². The molecule has 1 atom stereocenters. The molecule has 28 heavy (non-hydrogen) atoms. The Kier molecular flexibility index (Phi) is 6.32. The monoisotopic (exact) mass is 403 g/mol. The van der Waals surface area contributed by atoms with Crippen LogP contribution in [0.25, 0.3) is 0 Å². The van der Waals surface area contributed by atoms with Crippen LogP contribution in [0.3, 0.4) is 0 Å². The third-order valence-corrected chi connectivity index (χ3v) is 5.26. The zero-order valence-electron chi connectivity index (χ0n) is 16.8. The van der Waals surface area contributed by atoms with Crippen molar-refractivity contribution in [2.75, 3.05) is 31.6 Å². The van der Waals surface area contributed by atoms with Gasteiger partial charge in [-0.15, -0.1) is 10.2 Å². The Morgan fingerprint density at radius 1 is 1.29 bits per heavy atom. The Balaban J connectivity index is 1.79. The number of benzene rings is 1. The van der Waals surface area contributed by atoms with E-state index in [-0.39, 0.29) is 0 Å². The summed E-state index contributed by atoms with van der Waals surface area (Å²) in [6.45, 7) is 10.0. The third kappa shape index (κ3) is 4.18. The van der Waals surface area contributed by atoms with Crippen molar-refractivity contribution >= 4 is 34.1 Å². The lowest BCUT2D eigenvalue weighted by Gasteiger charge is -2.23. The minimum atomic E-state index is -1.45. The Morgan fingerprint density at radius 2 is 2.07 bits per heavy atom. The summed E-state index contributed by atoms with van der Waals surface area (Å²) in [4.78, 5) is 6.99. The molecule has 2 heterocycles. The second-order valence-corrected chi connectivity index (χ2v) is 7.47. The highest BCUT2D eigenvalue weighted by atomic mass is 32.2. The predicted molar refractivity (Wildman–Crippen MR) is 112 cm³/mol. The van der Waals surface area contributed by atoms with E-state index in [4.69, 9.17) is 9.18 Å². The summed E-state index contributed by atoms with van der Waals surface area (Å²) < 4.78 is 20.6. The Labute approximate surface area is 167 Å². The van der Waals surface area contributed by atoms with Crippen LogP contribution in [0.4, 0.5) is 11.4 Å². The van der Waals surface area contributed by atoms with Gasteiger partial charge in [0, 0.05) is 25.3 Å². The van der Waals surface area contributed by atoms with Crippen LogP contribution in [0, 0.1) is 13.8 Å². The number of aryl methyl sites for hydroxylation is 2. The number of fused-ring (bicyclic) bond motifs is 1. The Bertz CT molecular complexity index is 951. The van der Waals surface area contributed by atoms with Crippen molar-refractivity contribution in [3.63, 3.8) is 0 Å². The first-order valence-electron chi connectivity index (χ1n) is 9.07. The molecule has 1 N–H and O–H groups in total. The highest BCUT2D eigenvalue weighted by molar-refractivity contribution is 7.78. The van der Waals surface area contributed by atoms with Gasteiger partial charge >= 0.3 is 0 Å². The van der Waals surface area contributed by atoms with Gasteiger partial charge in [0.2, 0.25) is 17.1 Å². The molecule has 0 aliphatic carbocycles. The maximum Gasteiger partial charge on any atom is 0.234 e. The van der Waals surface area contributed by atoms with Gasteiger partial charge in [-0.2, -0.15) is 9.78 Å². The molecule has 0 fully saturated rings. The molecule has 0 bridgehead atoms. The molecule has 1 aromatic carbocycles. The molecule has 1 aliphatic rings. The smallest absolute Gasteiger partial charge is 0.234 e. The first-order valence-corrected chi connectivity index (χ1v) is 10.1. The van der Waals surface area contributed by atoms with Gasteiger partial charge in [0.1, 0.15) is 5.71 Å². The molecule has 9 nitrogen and oxygen atoms in total. The number of nitrogens with zero attached hydrogens (tertiary/aromatic N) is 6. The molecule has 1 aromatic heterocycles. The number of rotatable bonds is 8. The average molecular weight is 404 g/mol. The summed E-state index contributed by atoms with van der Waals surface area (Å²) in [5.74, 6) is 1.42. The third-order valence-electron chi connectivity index (χ3n) is 4.51. The van der Waals surface area contributed by atoms with E-state index in [0.29, 0.717) is 18.9 Å². The zero-order valence-corrected chi connectivity index (χ0v) is 17.6. The Morgan fingerprint density at radius 3 is 2.75 bits per heavy atom. The average Bonchev–Trinajstić information content (AvgIpc) is 3.19. The predicted octanol–water partition coefficient (Wildman–Crippen LogP) is 1.89. The maximum atomic E-state index is 11.3. The summed E-state index contributed by atoms with van der Waals surface area (Å²) in [5.41, 5.74) is 4.58. The normalized spacial score (nSPS) is 15.6. The molecule has 0 spiro atoms. The molecule has 0 amide bonds. The number of anilines is 1. The molecule has 0 saturated heterocycles. The van der Waals surface area contributed by atoms with Crippen molar-refractivity contribution in [1.29, 1.82) is 0 Å². The lowest BCUT2D eigenvalue weighted by Crippen LogP contribution is -2.33. The second kappa shape index (κ2) is 8.72. The largest absolute Gasteiger partial charge is 0.370 e. The summed E-state index contributed by atoms with van der Waals surface area (Å²) in [6.07, 6.45) is 0. The van der Waals surface area contributed by atoms with Gasteiger partial charge in [-0.25, -0.2) is 13.9 Å². The first kappa shape index (κ1) is 20.3. The van der Waals surface area contributed by atoms with E-state index >= 15 is 0 Å². The number of hydrogen-bond donors (Lipinski definition) is 1. The molecule has 10 heteroatoms. The van der Waals surface area contributed by atoms with Crippen LogP contribution in [0.15, 0.2) is 28.3 Å².